The Balaban J connectivity index is 1.87. The molecule has 1 aromatic carbocycles. The maximum Gasteiger partial charge on any atom is 0.230 e. The van der Waals surface area contributed by atoms with Crippen LogP contribution in [0.2, 0.25) is 0 Å². The minimum Gasteiger partial charge on any atom is -0.326 e. The number of nitrogens with two attached hydrogens (primary N) is 1. The Morgan fingerprint density at radius 2 is 2.11 bits per heavy atom. The lowest BCUT2D eigenvalue weighted by Gasteiger charge is -2.11. The smallest absolute Gasteiger partial charge is 0.230 e. The molecule has 3 rings (SSSR count). The SMILES string of the molecule is Cc1ccc(-c2csc(N3CC(N)CC3=O)n2)cc1. The lowest BCUT2D eigenvalue weighted by molar-refractivity contribution is -0.117. The van der Waals surface area contributed by atoms with E-state index >= 15 is 0 Å². The van der Waals surface area contributed by atoms with Crippen LogP contribution in [0.5, 0.6) is 0 Å². The first-order valence-electron chi connectivity index (χ1n) is 6.22. The molecule has 1 amide bonds. The molecule has 1 unspecified atom stereocenters. The molecule has 0 radical (unpaired) electrons. The summed E-state index contributed by atoms with van der Waals surface area (Å²) in [6, 6.07) is 8.15. The van der Waals surface area contributed by atoms with Gasteiger partial charge in [-0.15, -0.1) is 11.3 Å². The summed E-state index contributed by atoms with van der Waals surface area (Å²) in [7, 11) is 0. The van der Waals surface area contributed by atoms with Gasteiger partial charge in [-0.3, -0.25) is 9.69 Å². The monoisotopic (exact) mass is 273 g/mol. The van der Waals surface area contributed by atoms with Crippen LogP contribution in [0, 0.1) is 6.92 Å². The van der Waals surface area contributed by atoms with E-state index in [-0.39, 0.29) is 11.9 Å². The topological polar surface area (TPSA) is 59.2 Å². The zero-order chi connectivity index (χ0) is 13.4. The van der Waals surface area contributed by atoms with Crippen molar-refractivity contribution in [2.24, 2.45) is 5.73 Å². The number of carbonyl (C=O) groups is 1. The summed E-state index contributed by atoms with van der Waals surface area (Å²) in [5.41, 5.74) is 9.01. The van der Waals surface area contributed by atoms with E-state index in [9.17, 15) is 4.79 Å². The van der Waals surface area contributed by atoms with Crippen LogP contribution in [0.4, 0.5) is 5.13 Å². The normalized spacial score (nSPS) is 19.2. The molecule has 1 aliphatic rings. The highest BCUT2D eigenvalue weighted by Crippen LogP contribution is 2.29. The number of aryl methyl sites for hydroxylation is 1. The highest BCUT2D eigenvalue weighted by Gasteiger charge is 2.29. The first-order valence-corrected chi connectivity index (χ1v) is 7.10. The van der Waals surface area contributed by atoms with E-state index in [0.717, 1.165) is 16.4 Å². The molecular formula is C14H15N3OS. The Morgan fingerprint density at radius 3 is 2.74 bits per heavy atom. The number of anilines is 1. The van der Waals surface area contributed by atoms with E-state index in [2.05, 4.69) is 24.0 Å². The van der Waals surface area contributed by atoms with Crippen molar-refractivity contribution in [1.82, 2.24) is 4.98 Å². The van der Waals surface area contributed by atoms with Crippen molar-refractivity contribution in [3.8, 4) is 11.3 Å². The maximum absolute atomic E-state index is 11.8. The zero-order valence-corrected chi connectivity index (χ0v) is 11.5. The third kappa shape index (κ3) is 2.39. The number of rotatable bonds is 2. The van der Waals surface area contributed by atoms with Crippen LogP contribution in [-0.2, 0) is 4.79 Å². The molecule has 2 heterocycles. The van der Waals surface area contributed by atoms with Gasteiger partial charge in [0.25, 0.3) is 0 Å². The number of amides is 1. The second-order valence-electron chi connectivity index (χ2n) is 4.85. The lowest BCUT2D eigenvalue weighted by atomic mass is 10.1. The quantitative estimate of drug-likeness (QED) is 0.912. The summed E-state index contributed by atoms with van der Waals surface area (Å²) >= 11 is 1.49. The van der Waals surface area contributed by atoms with E-state index in [0.29, 0.717) is 13.0 Å². The lowest BCUT2D eigenvalue weighted by Crippen LogP contribution is -2.27. The molecule has 4 nitrogen and oxygen atoms in total. The fourth-order valence-corrected chi connectivity index (χ4v) is 3.03. The van der Waals surface area contributed by atoms with Gasteiger partial charge in [0.05, 0.1) is 5.69 Å². The number of hydrogen-bond acceptors (Lipinski definition) is 4. The van der Waals surface area contributed by atoms with Crippen LogP contribution < -0.4 is 10.6 Å². The third-order valence-corrected chi connectivity index (χ3v) is 4.09. The van der Waals surface area contributed by atoms with Crippen molar-refractivity contribution in [2.75, 3.05) is 11.4 Å². The first-order chi connectivity index (χ1) is 9.13. The Morgan fingerprint density at radius 1 is 1.37 bits per heavy atom. The molecule has 2 N–H and O–H groups in total. The van der Waals surface area contributed by atoms with Gasteiger partial charge in [-0.1, -0.05) is 29.8 Å². The van der Waals surface area contributed by atoms with Gasteiger partial charge in [-0.2, -0.15) is 0 Å². The molecule has 2 aromatic rings. The third-order valence-electron chi connectivity index (χ3n) is 3.23. The number of thiazole rings is 1. The second kappa shape index (κ2) is 4.75. The van der Waals surface area contributed by atoms with E-state index in [4.69, 9.17) is 5.73 Å². The Hall–Kier alpha value is -1.72. The van der Waals surface area contributed by atoms with Gasteiger partial charge in [0.2, 0.25) is 5.91 Å². The highest BCUT2D eigenvalue weighted by atomic mass is 32.1. The predicted octanol–water partition coefficient (Wildman–Crippen LogP) is 2.18. The highest BCUT2D eigenvalue weighted by molar-refractivity contribution is 7.14. The van der Waals surface area contributed by atoms with Crippen LogP contribution in [-0.4, -0.2) is 23.5 Å². The summed E-state index contributed by atoms with van der Waals surface area (Å²) in [6.45, 7) is 2.63. The van der Waals surface area contributed by atoms with E-state index < -0.39 is 0 Å². The van der Waals surface area contributed by atoms with Gasteiger partial charge in [0, 0.05) is 30.0 Å². The molecule has 0 spiro atoms. The molecule has 1 aromatic heterocycles. The van der Waals surface area contributed by atoms with Crippen molar-refractivity contribution >= 4 is 22.4 Å². The zero-order valence-electron chi connectivity index (χ0n) is 10.7. The van der Waals surface area contributed by atoms with Crippen molar-refractivity contribution in [1.29, 1.82) is 0 Å². The van der Waals surface area contributed by atoms with Gasteiger partial charge in [-0.05, 0) is 6.92 Å². The summed E-state index contributed by atoms with van der Waals surface area (Å²) in [5, 5.41) is 2.73. The summed E-state index contributed by atoms with van der Waals surface area (Å²) in [4.78, 5) is 18.0. The summed E-state index contributed by atoms with van der Waals surface area (Å²) in [5.74, 6) is 0.0670. The summed E-state index contributed by atoms with van der Waals surface area (Å²) in [6.07, 6.45) is 0.416. The van der Waals surface area contributed by atoms with Crippen LogP contribution >= 0.6 is 11.3 Å². The number of nitrogens with zero attached hydrogens (tertiary/aromatic N) is 2. The largest absolute Gasteiger partial charge is 0.326 e. The van der Waals surface area contributed by atoms with Crippen molar-refractivity contribution in [2.45, 2.75) is 19.4 Å². The molecule has 1 atom stereocenters. The molecule has 0 saturated carbocycles. The van der Waals surface area contributed by atoms with Crippen molar-refractivity contribution < 1.29 is 4.79 Å². The Bertz CT molecular complexity index is 605. The minimum absolute atomic E-state index is 0.0670. The predicted molar refractivity (Wildman–Crippen MR) is 77.2 cm³/mol. The molecular weight excluding hydrogens is 258 g/mol. The van der Waals surface area contributed by atoms with Gasteiger partial charge in [0.1, 0.15) is 0 Å². The fraction of sp³-hybridized carbons (Fsp3) is 0.286. The average molecular weight is 273 g/mol. The average Bonchev–Trinajstić information content (AvgIpc) is 2.97. The fourth-order valence-electron chi connectivity index (χ4n) is 2.17. The van der Waals surface area contributed by atoms with Gasteiger partial charge in [-0.25, -0.2) is 4.98 Å². The summed E-state index contributed by atoms with van der Waals surface area (Å²) < 4.78 is 0. The van der Waals surface area contributed by atoms with Crippen LogP contribution in [0.3, 0.4) is 0 Å². The van der Waals surface area contributed by atoms with Crippen LogP contribution in [0.1, 0.15) is 12.0 Å². The van der Waals surface area contributed by atoms with Crippen LogP contribution in [0.25, 0.3) is 11.3 Å². The molecule has 19 heavy (non-hydrogen) atoms. The van der Waals surface area contributed by atoms with Crippen molar-refractivity contribution in [3.63, 3.8) is 0 Å². The van der Waals surface area contributed by atoms with E-state index in [1.165, 1.54) is 16.9 Å². The van der Waals surface area contributed by atoms with Gasteiger partial charge < -0.3 is 5.73 Å². The molecule has 1 fully saturated rings. The first kappa shape index (κ1) is 12.3. The maximum atomic E-state index is 11.8. The molecule has 0 bridgehead atoms. The van der Waals surface area contributed by atoms with Crippen LogP contribution in [0.15, 0.2) is 29.6 Å². The number of benzene rings is 1. The molecule has 5 heteroatoms. The Labute approximate surface area is 115 Å². The minimum atomic E-state index is -0.0702. The number of aromatic nitrogens is 1. The van der Waals surface area contributed by atoms with Gasteiger partial charge >= 0.3 is 0 Å². The molecule has 98 valence electrons. The second-order valence-corrected chi connectivity index (χ2v) is 5.69. The number of carbonyl (C=O) groups excluding carboxylic acids is 1. The van der Waals surface area contributed by atoms with Crippen molar-refractivity contribution in [3.05, 3.63) is 35.2 Å². The van der Waals surface area contributed by atoms with Gasteiger partial charge in [0.15, 0.2) is 5.13 Å². The Kier molecular flexibility index (Phi) is 3.08. The molecule has 1 saturated heterocycles. The molecule has 1 aliphatic heterocycles. The standard InChI is InChI=1S/C14H15N3OS/c1-9-2-4-10(5-3-9)12-8-19-14(16-12)17-7-11(15)6-13(17)18/h2-5,8,11H,6-7,15H2,1H3. The van der Waals surface area contributed by atoms with E-state index in [1.807, 2.05) is 17.5 Å². The molecule has 0 aliphatic carbocycles. The van der Waals surface area contributed by atoms with E-state index in [1.54, 1.807) is 4.90 Å². The number of hydrogen-bond donors (Lipinski definition) is 1.